The van der Waals surface area contributed by atoms with Crippen molar-refractivity contribution in [2.24, 2.45) is 11.5 Å². The maximum Gasteiger partial charge on any atom is 0.251 e. The lowest BCUT2D eigenvalue weighted by molar-refractivity contribution is -0.124. The van der Waals surface area contributed by atoms with Crippen LogP contribution in [0.1, 0.15) is 28.2 Å². The molecule has 1 amide bonds. The fourth-order valence-corrected chi connectivity index (χ4v) is 5.13. The van der Waals surface area contributed by atoms with Gasteiger partial charge < -0.3 is 16.0 Å². The van der Waals surface area contributed by atoms with Gasteiger partial charge in [-0.25, -0.2) is 4.39 Å². The third-order valence-electron chi connectivity index (χ3n) is 7.08. The van der Waals surface area contributed by atoms with Gasteiger partial charge in [-0.15, -0.1) is 0 Å². The van der Waals surface area contributed by atoms with Gasteiger partial charge in [0.25, 0.3) is 5.56 Å². The van der Waals surface area contributed by atoms with Crippen molar-refractivity contribution in [3.8, 4) is 11.3 Å². The van der Waals surface area contributed by atoms with Crippen LogP contribution in [0.3, 0.4) is 0 Å². The van der Waals surface area contributed by atoms with Crippen molar-refractivity contribution < 1.29 is 9.18 Å². The lowest BCUT2D eigenvalue weighted by atomic mass is 9.71. The summed E-state index contributed by atoms with van der Waals surface area (Å²) in [4.78, 5) is 25.9. The van der Waals surface area contributed by atoms with Crippen molar-refractivity contribution >= 4 is 5.91 Å². The highest BCUT2D eigenvalue weighted by atomic mass is 19.1. The Morgan fingerprint density at radius 3 is 1.87 bits per heavy atom. The molecule has 1 atom stereocenters. The molecule has 5 rings (SSSR count). The highest BCUT2D eigenvalue weighted by Crippen LogP contribution is 2.41. The zero-order chi connectivity index (χ0) is 27.4. The summed E-state index contributed by atoms with van der Waals surface area (Å²) in [6.07, 6.45) is 0. The van der Waals surface area contributed by atoms with Crippen LogP contribution >= 0.6 is 0 Å². The van der Waals surface area contributed by atoms with Crippen molar-refractivity contribution in [3.63, 3.8) is 0 Å². The van der Waals surface area contributed by atoms with Gasteiger partial charge in [0.1, 0.15) is 11.4 Å². The predicted octanol–water partition coefficient (Wildman–Crippen LogP) is 5.17. The van der Waals surface area contributed by atoms with Gasteiger partial charge in [-0.3, -0.25) is 9.59 Å². The monoisotopic (exact) mass is 517 g/mol. The van der Waals surface area contributed by atoms with Gasteiger partial charge in [0.2, 0.25) is 5.91 Å². The number of rotatable bonds is 8. The minimum atomic E-state index is -1.76. The number of carbonyl (C=O) groups is 1. The van der Waals surface area contributed by atoms with E-state index in [4.69, 9.17) is 11.5 Å². The maximum absolute atomic E-state index is 15.9. The number of nitrogens with zero attached hydrogens (tertiary/aromatic N) is 1. The van der Waals surface area contributed by atoms with E-state index >= 15 is 4.39 Å². The largest absolute Gasteiger partial charge is 0.368 e. The number of primary amides is 1. The molecule has 0 aliphatic carbocycles. The molecule has 0 saturated heterocycles. The smallest absolute Gasteiger partial charge is 0.251 e. The number of hydrogen-bond acceptors (Lipinski definition) is 3. The van der Waals surface area contributed by atoms with Crippen molar-refractivity contribution in [1.29, 1.82) is 0 Å². The van der Waals surface area contributed by atoms with Gasteiger partial charge in [-0.1, -0.05) is 103 Å². The molecule has 0 unspecified atom stereocenters. The third-order valence-corrected chi connectivity index (χ3v) is 7.08. The molecule has 0 fully saturated rings. The molecule has 0 spiro atoms. The first kappa shape index (κ1) is 25.8. The third kappa shape index (κ3) is 5.02. The van der Waals surface area contributed by atoms with E-state index < -0.39 is 23.2 Å². The molecular formula is C33H28FN3O2. The van der Waals surface area contributed by atoms with Crippen LogP contribution in [0.15, 0.2) is 132 Å². The molecule has 4 N–H and O–H groups in total. The number of halogens is 1. The summed E-state index contributed by atoms with van der Waals surface area (Å²) in [5, 5.41) is 0. The zero-order valence-corrected chi connectivity index (χ0v) is 21.2. The van der Waals surface area contributed by atoms with Gasteiger partial charge in [0, 0.05) is 17.5 Å². The maximum atomic E-state index is 15.9. The quantitative estimate of drug-likeness (QED) is 0.297. The summed E-state index contributed by atoms with van der Waals surface area (Å²) in [5.74, 6) is -2.07. The predicted molar refractivity (Wildman–Crippen MR) is 151 cm³/mol. The average Bonchev–Trinajstić information content (AvgIpc) is 2.96. The van der Waals surface area contributed by atoms with Gasteiger partial charge in [0.15, 0.2) is 0 Å². The second-order valence-electron chi connectivity index (χ2n) is 9.50. The summed E-state index contributed by atoms with van der Waals surface area (Å²) >= 11 is 0. The van der Waals surface area contributed by atoms with Crippen LogP contribution in [-0.2, 0) is 16.9 Å². The standard InChI is InChI=1S/C33H28FN3O2/c34-28-21-26(19-20-27(28)29-17-10-18-30(38)37(29)22-23-11-4-1-5-12-23)33(36,32(35)39)31(24-13-6-2-7-14-24)25-15-8-3-9-16-25/h1-21,31H,22,36H2,(H2,35,39)/t33-/m1/s1. The van der Waals surface area contributed by atoms with Crippen LogP contribution in [0.2, 0.25) is 0 Å². The number of carbonyl (C=O) groups excluding carboxylic acids is 1. The normalized spacial score (nSPS) is 12.7. The minimum Gasteiger partial charge on any atom is -0.368 e. The van der Waals surface area contributed by atoms with Crippen LogP contribution < -0.4 is 17.0 Å². The molecule has 194 valence electrons. The molecule has 1 heterocycles. The van der Waals surface area contributed by atoms with Crippen LogP contribution in [0.5, 0.6) is 0 Å². The van der Waals surface area contributed by atoms with Crippen LogP contribution in [0, 0.1) is 5.82 Å². The Hall–Kier alpha value is -4.81. The van der Waals surface area contributed by atoms with E-state index in [1.165, 1.54) is 16.7 Å². The molecule has 6 heteroatoms. The molecule has 1 aromatic heterocycles. The lowest BCUT2D eigenvalue weighted by Crippen LogP contribution is -2.54. The van der Waals surface area contributed by atoms with Gasteiger partial charge in [-0.2, -0.15) is 0 Å². The van der Waals surface area contributed by atoms with Crippen LogP contribution in [-0.4, -0.2) is 10.5 Å². The van der Waals surface area contributed by atoms with Gasteiger partial charge in [0.05, 0.1) is 12.2 Å². The number of aromatic nitrogens is 1. The Kier molecular flexibility index (Phi) is 7.21. The summed E-state index contributed by atoms with van der Waals surface area (Å²) < 4.78 is 17.4. The van der Waals surface area contributed by atoms with E-state index in [0.717, 1.165) is 16.7 Å². The first-order chi connectivity index (χ1) is 18.9. The zero-order valence-electron chi connectivity index (χ0n) is 21.2. The number of hydrogen-bond donors (Lipinski definition) is 2. The van der Waals surface area contributed by atoms with E-state index in [1.54, 1.807) is 24.3 Å². The Labute approximate surface area is 226 Å². The van der Waals surface area contributed by atoms with Crippen LogP contribution in [0.25, 0.3) is 11.3 Å². The molecule has 39 heavy (non-hydrogen) atoms. The van der Waals surface area contributed by atoms with Crippen molar-refractivity contribution in [2.45, 2.75) is 18.0 Å². The fraction of sp³-hybridized carbons (Fsp3) is 0.0909. The average molecular weight is 518 g/mol. The van der Waals surface area contributed by atoms with E-state index in [2.05, 4.69) is 0 Å². The van der Waals surface area contributed by atoms with E-state index in [0.29, 0.717) is 5.69 Å². The van der Waals surface area contributed by atoms with E-state index in [9.17, 15) is 9.59 Å². The SMILES string of the molecule is NC(=O)[C@@](N)(c1ccc(-c2cccc(=O)n2Cc2ccccc2)c(F)c1)C(c1ccccc1)c1ccccc1. The summed E-state index contributed by atoms with van der Waals surface area (Å²) in [6.45, 7) is 0.281. The molecule has 5 aromatic rings. The second kappa shape index (κ2) is 10.9. The minimum absolute atomic E-state index is 0.218. The highest BCUT2D eigenvalue weighted by molar-refractivity contribution is 5.88. The van der Waals surface area contributed by atoms with Gasteiger partial charge >= 0.3 is 0 Å². The van der Waals surface area contributed by atoms with Crippen molar-refractivity contribution in [2.75, 3.05) is 0 Å². The summed E-state index contributed by atoms with van der Waals surface area (Å²) in [5.41, 5.74) is 14.2. The Morgan fingerprint density at radius 1 is 0.769 bits per heavy atom. The number of benzene rings is 4. The molecule has 0 bridgehead atoms. The van der Waals surface area contributed by atoms with E-state index in [1.807, 2.05) is 91.0 Å². The highest BCUT2D eigenvalue weighted by Gasteiger charge is 2.44. The van der Waals surface area contributed by atoms with Crippen molar-refractivity contribution in [1.82, 2.24) is 4.57 Å². The molecular weight excluding hydrogens is 489 g/mol. The Morgan fingerprint density at radius 2 is 1.33 bits per heavy atom. The summed E-state index contributed by atoms with van der Waals surface area (Å²) in [7, 11) is 0. The van der Waals surface area contributed by atoms with Gasteiger partial charge in [-0.05, 0) is 40.5 Å². The molecule has 5 nitrogen and oxygen atoms in total. The second-order valence-corrected chi connectivity index (χ2v) is 9.50. The number of nitrogens with two attached hydrogens (primary N) is 2. The molecule has 0 aliphatic rings. The molecule has 0 saturated carbocycles. The molecule has 4 aromatic carbocycles. The lowest BCUT2D eigenvalue weighted by Gasteiger charge is -2.36. The fourth-order valence-electron chi connectivity index (χ4n) is 5.13. The Balaban J connectivity index is 1.63. The first-order valence-corrected chi connectivity index (χ1v) is 12.6. The van der Waals surface area contributed by atoms with Crippen LogP contribution in [0.4, 0.5) is 4.39 Å². The summed E-state index contributed by atoms with van der Waals surface area (Å²) in [6, 6.07) is 37.3. The Bertz CT molecular complexity index is 1610. The molecule has 0 radical (unpaired) electrons. The number of pyridine rings is 1. The topological polar surface area (TPSA) is 91.1 Å². The van der Waals surface area contributed by atoms with Crippen molar-refractivity contribution in [3.05, 3.63) is 166 Å². The molecule has 0 aliphatic heterocycles. The first-order valence-electron chi connectivity index (χ1n) is 12.6. The number of amides is 1. The van der Waals surface area contributed by atoms with E-state index in [-0.39, 0.29) is 23.2 Å².